The molecular weight excluding hydrogens is 290 g/mol. The summed E-state index contributed by atoms with van der Waals surface area (Å²) >= 11 is 0. The number of carbonyl (C=O) groups is 1. The molecule has 0 aliphatic carbocycles. The first-order valence-corrected chi connectivity index (χ1v) is 7.90. The summed E-state index contributed by atoms with van der Waals surface area (Å²) in [4.78, 5) is 12.5. The average molecular weight is 313 g/mol. The third-order valence-corrected chi connectivity index (χ3v) is 3.47. The van der Waals surface area contributed by atoms with Crippen LogP contribution in [0.5, 0.6) is 11.5 Å². The third-order valence-electron chi connectivity index (χ3n) is 3.47. The van der Waals surface area contributed by atoms with Gasteiger partial charge in [-0.15, -0.1) is 0 Å². The van der Waals surface area contributed by atoms with Crippen LogP contribution in [0, 0.1) is 6.92 Å². The van der Waals surface area contributed by atoms with Gasteiger partial charge in [-0.05, 0) is 44.0 Å². The highest BCUT2D eigenvalue weighted by atomic mass is 16.5. The van der Waals surface area contributed by atoms with Crippen molar-refractivity contribution in [2.45, 2.75) is 33.3 Å². The van der Waals surface area contributed by atoms with Crippen molar-refractivity contribution < 1.29 is 14.3 Å². The number of anilines is 1. The Morgan fingerprint density at radius 2 is 1.70 bits per heavy atom. The largest absolute Gasteiger partial charge is 0.492 e. The molecule has 2 rings (SSSR count). The Morgan fingerprint density at radius 3 is 2.35 bits per heavy atom. The van der Waals surface area contributed by atoms with Crippen LogP contribution in [0.2, 0.25) is 0 Å². The molecule has 23 heavy (non-hydrogen) atoms. The van der Waals surface area contributed by atoms with E-state index < -0.39 is 6.10 Å². The number of aryl methyl sites for hydroxylation is 1. The molecule has 4 heteroatoms. The standard InChI is InChI=1S/C19H23NO3/c1-4-16(23-17-12-8-6-10-14(17)3)19(21)20-15-11-7-9-13-18(15)22-5-2/h6-13,16H,4-5H2,1-3H3,(H,20,21). The van der Waals surface area contributed by atoms with E-state index in [0.717, 1.165) is 11.3 Å². The SMILES string of the molecule is CCOc1ccccc1NC(=O)C(CC)Oc1ccccc1C. The van der Waals surface area contributed by atoms with Crippen LogP contribution in [0.4, 0.5) is 5.69 Å². The van der Waals surface area contributed by atoms with E-state index in [4.69, 9.17) is 9.47 Å². The summed E-state index contributed by atoms with van der Waals surface area (Å²) in [6.07, 6.45) is 0.0301. The van der Waals surface area contributed by atoms with Gasteiger partial charge < -0.3 is 14.8 Å². The normalized spacial score (nSPS) is 11.6. The lowest BCUT2D eigenvalue weighted by atomic mass is 10.2. The van der Waals surface area contributed by atoms with Crippen molar-refractivity contribution in [1.29, 1.82) is 0 Å². The van der Waals surface area contributed by atoms with Crippen molar-refractivity contribution in [3.8, 4) is 11.5 Å². The molecule has 1 atom stereocenters. The van der Waals surface area contributed by atoms with Crippen molar-refractivity contribution in [3.05, 3.63) is 54.1 Å². The van der Waals surface area contributed by atoms with E-state index in [9.17, 15) is 4.79 Å². The molecule has 0 bridgehead atoms. The molecule has 0 aromatic heterocycles. The van der Waals surface area contributed by atoms with Gasteiger partial charge in [-0.25, -0.2) is 0 Å². The Balaban J connectivity index is 2.10. The summed E-state index contributed by atoms with van der Waals surface area (Å²) in [5, 5.41) is 2.90. The van der Waals surface area contributed by atoms with Crippen LogP contribution in [0.25, 0.3) is 0 Å². The Labute approximate surface area is 137 Å². The van der Waals surface area contributed by atoms with Crippen molar-refractivity contribution in [2.24, 2.45) is 0 Å². The minimum absolute atomic E-state index is 0.178. The van der Waals surface area contributed by atoms with Crippen LogP contribution in [-0.4, -0.2) is 18.6 Å². The molecule has 0 heterocycles. The van der Waals surface area contributed by atoms with Crippen LogP contribution in [0.15, 0.2) is 48.5 Å². The van der Waals surface area contributed by atoms with Crippen LogP contribution in [0.1, 0.15) is 25.8 Å². The zero-order chi connectivity index (χ0) is 16.7. The Bertz CT molecular complexity index is 655. The van der Waals surface area contributed by atoms with Gasteiger partial charge in [0.25, 0.3) is 5.91 Å². The molecule has 2 aromatic carbocycles. The zero-order valence-corrected chi connectivity index (χ0v) is 13.8. The number of amides is 1. The van der Waals surface area contributed by atoms with E-state index in [1.807, 2.05) is 69.3 Å². The van der Waals surface area contributed by atoms with Gasteiger partial charge in [-0.3, -0.25) is 4.79 Å². The molecule has 0 aliphatic rings. The number of hydrogen-bond donors (Lipinski definition) is 1. The molecule has 0 saturated carbocycles. The quantitative estimate of drug-likeness (QED) is 0.833. The van der Waals surface area contributed by atoms with E-state index in [2.05, 4.69) is 5.32 Å². The summed E-state index contributed by atoms with van der Waals surface area (Å²) in [6, 6.07) is 15.1. The summed E-state index contributed by atoms with van der Waals surface area (Å²) in [6.45, 7) is 6.35. The van der Waals surface area contributed by atoms with Crippen LogP contribution in [-0.2, 0) is 4.79 Å². The average Bonchev–Trinajstić information content (AvgIpc) is 2.56. The highest BCUT2D eigenvalue weighted by Crippen LogP contribution is 2.25. The predicted molar refractivity (Wildman–Crippen MR) is 92.1 cm³/mol. The number of ether oxygens (including phenoxy) is 2. The molecule has 1 N–H and O–H groups in total. The fourth-order valence-electron chi connectivity index (χ4n) is 2.23. The minimum atomic E-state index is -0.550. The highest BCUT2D eigenvalue weighted by molar-refractivity contribution is 5.95. The van der Waals surface area contributed by atoms with Gasteiger partial charge in [-0.2, -0.15) is 0 Å². The Kier molecular flexibility index (Phi) is 6.03. The second-order valence-corrected chi connectivity index (χ2v) is 5.20. The van der Waals surface area contributed by atoms with Gasteiger partial charge in [0, 0.05) is 0 Å². The number of para-hydroxylation sites is 3. The number of benzene rings is 2. The molecule has 0 saturated heterocycles. The smallest absolute Gasteiger partial charge is 0.265 e. The van der Waals surface area contributed by atoms with E-state index >= 15 is 0 Å². The van der Waals surface area contributed by atoms with Crippen molar-refractivity contribution in [1.82, 2.24) is 0 Å². The van der Waals surface area contributed by atoms with Gasteiger partial charge in [0.15, 0.2) is 6.10 Å². The second kappa shape index (κ2) is 8.22. The third kappa shape index (κ3) is 4.49. The molecule has 0 spiro atoms. The first-order chi connectivity index (χ1) is 11.2. The molecule has 1 unspecified atom stereocenters. The first-order valence-electron chi connectivity index (χ1n) is 7.90. The maximum absolute atomic E-state index is 12.5. The van der Waals surface area contributed by atoms with E-state index in [1.165, 1.54) is 0 Å². The Hall–Kier alpha value is -2.49. The van der Waals surface area contributed by atoms with Gasteiger partial charge in [0.1, 0.15) is 11.5 Å². The topological polar surface area (TPSA) is 47.6 Å². The minimum Gasteiger partial charge on any atom is -0.492 e. The summed E-state index contributed by atoms with van der Waals surface area (Å²) < 4.78 is 11.4. The van der Waals surface area contributed by atoms with Gasteiger partial charge >= 0.3 is 0 Å². The lowest BCUT2D eigenvalue weighted by Crippen LogP contribution is -2.32. The van der Waals surface area contributed by atoms with Gasteiger partial charge in [-0.1, -0.05) is 37.3 Å². The number of carbonyl (C=O) groups excluding carboxylic acids is 1. The number of hydrogen-bond acceptors (Lipinski definition) is 3. The first kappa shape index (κ1) is 16.9. The molecule has 4 nitrogen and oxygen atoms in total. The number of rotatable bonds is 7. The van der Waals surface area contributed by atoms with Crippen molar-refractivity contribution in [3.63, 3.8) is 0 Å². The van der Waals surface area contributed by atoms with Gasteiger partial charge in [0.2, 0.25) is 0 Å². The second-order valence-electron chi connectivity index (χ2n) is 5.20. The van der Waals surface area contributed by atoms with E-state index in [1.54, 1.807) is 0 Å². The zero-order valence-electron chi connectivity index (χ0n) is 13.8. The molecule has 2 aromatic rings. The highest BCUT2D eigenvalue weighted by Gasteiger charge is 2.20. The molecular formula is C19H23NO3. The summed E-state index contributed by atoms with van der Waals surface area (Å²) in [7, 11) is 0. The molecule has 0 fully saturated rings. The predicted octanol–water partition coefficient (Wildman–Crippen LogP) is 4.19. The number of nitrogens with one attached hydrogen (secondary N) is 1. The van der Waals surface area contributed by atoms with Crippen molar-refractivity contribution in [2.75, 3.05) is 11.9 Å². The maximum Gasteiger partial charge on any atom is 0.265 e. The van der Waals surface area contributed by atoms with E-state index in [-0.39, 0.29) is 5.91 Å². The monoisotopic (exact) mass is 313 g/mol. The molecule has 1 amide bonds. The maximum atomic E-state index is 12.5. The van der Waals surface area contributed by atoms with Gasteiger partial charge in [0.05, 0.1) is 12.3 Å². The van der Waals surface area contributed by atoms with Crippen LogP contribution < -0.4 is 14.8 Å². The Morgan fingerprint density at radius 1 is 1.04 bits per heavy atom. The van der Waals surface area contributed by atoms with Crippen LogP contribution >= 0.6 is 0 Å². The fraction of sp³-hybridized carbons (Fsp3) is 0.316. The van der Waals surface area contributed by atoms with Crippen LogP contribution in [0.3, 0.4) is 0 Å². The molecule has 0 radical (unpaired) electrons. The fourth-order valence-corrected chi connectivity index (χ4v) is 2.23. The van der Waals surface area contributed by atoms with Crippen molar-refractivity contribution >= 4 is 11.6 Å². The molecule has 0 aliphatic heterocycles. The lowest BCUT2D eigenvalue weighted by molar-refractivity contribution is -0.122. The van der Waals surface area contributed by atoms with E-state index in [0.29, 0.717) is 24.5 Å². The lowest BCUT2D eigenvalue weighted by Gasteiger charge is -2.19. The summed E-state index contributed by atoms with van der Waals surface area (Å²) in [5.41, 5.74) is 1.67. The summed E-state index contributed by atoms with van der Waals surface area (Å²) in [5.74, 6) is 1.21. The molecule has 122 valence electrons.